The maximum atomic E-state index is 12.9. The quantitative estimate of drug-likeness (QED) is 0.822. The number of hydrogen-bond acceptors (Lipinski definition) is 4. The highest BCUT2D eigenvalue weighted by Crippen LogP contribution is 2.24. The summed E-state index contributed by atoms with van der Waals surface area (Å²) in [6.07, 6.45) is 3.86. The summed E-state index contributed by atoms with van der Waals surface area (Å²) in [5.41, 5.74) is 1.13. The van der Waals surface area contributed by atoms with E-state index in [1.807, 2.05) is 37.2 Å². The molecule has 2 aliphatic rings. The van der Waals surface area contributed by atoms with Crippen LogP contribution in [0.5, 0.6) is 0 Å². The van der Waals surface area contributed by atoms with Gasteiger partial charge in [-0.2, -0.15) is 0 Å². The number of aromatic nitrogens is 2. The molecule has 7 nitrogen and oxygen atoms in total. The lowest BCUT2D eigenvalue weighted by Gasteiger charge is -2.40. The van der Waals surface area contributed by atoms with Crippen LogP contribution in [0.25, 0.3) is 0 Å². The lowest BCUT2D eigenvalue weighted by Crippen LogP contribution is -2.52. The van der Waals surface area contributed by atoms with Gasteiger partial charge in [-0.25, -0.2) is 9.78 Å². The van der Waals surface area contributed by atoms with Crippen LogP contribution in [-0.2, 0) is 17.7 Å². The Morgan fingerprint density at radius 2 is 1.92 bits per heavy atom. The Morgan fingerprint density at radius 1 is 1.24 bits per heavy atom. The van der Waals surface area contributed by atoms with E-state index >= 15 is 0 Å². The Balaban J connectivity index is 1.62. The summed E-state index contributed by atoms with van der Waals surface area (Å²) >= 11 is 0. The number of piperidine rings is 1. The van der Waals surface area contributed by atoms with Crippen molar-refractivity contribution in [1.29, 1.82) is 0 Å². The fraction of sp³-hybridized carbons (Fsp3) is 0.722. The van der Waals surface area contributed by atoms with Crippen molar-refractivity contribution in [3.8, 4) is 0 Å². The summed E-state index contributed by atoms with van der Waals surface area (Å²) in [5, 5.41) is 0. The minimum Gasteiger partial charge on any atom is -0.444 e. The van der Waals surface area contributed by atoms with Crippen LogP contribution >= 0.6 is 0 Å². The van der Waals surface area contributed by atoms with Crippen molar-refractivity contribution in [3.05, 3.63) is 17.7 Å². The molecule has 3 heterocycles. The van der Waals surface area contributed by atoms with Crippen molar-refractivity contribution in [1.82, 2.24) is 19.4 Å². The zero-order valence-corrected chi connectivity index (χ0v) is 15.6. The molecule has 2 amide bonds. The van der Waals surface area contributed by atoms with Crippen LogP contribution in [-0.4, -0.2) is 62.6 Å². The molecule has 0 N–H and O–H groups in total. The van der Waals surface area contributed by atoms with Gasteiger partial charge in [-0.15, -0.1) is 0 Å². The van der Waals surface area contributed by atoms with Gasteiger partial charge in [0.15, 0.2) is 0 Å². The predicted molar refractivity (Wildman–Crippen MR) is 93.5 cm³/mol. The Morgan fingerprint density at radius 3 is 2.52 bits per heavy atom. The third kappa shape index (κ3) is 3.65. The molecule has 0 aromatic carbocycles. The second kappa shape index (κ2) is 6.69. The molecule has 7 heteroatoms. The SMILES string of the molecule is CCc1ncn2c1C(=O)N(C1CCN(C(=O)OC(C)(C)C)CC1)CC2. The Hall–Kier alpha value is -2.05. The molecule has 2 aliphatic heterocycles. The molecule has 3 rings (SSSR count). The number of imidazole rings is 1. The zero-order valence-electron chi connectivity index (χ0n) is 15.6. The van der Waals surface area contributed by atoms with Crippen molar-refractivity contribution in [2.75, 3.05) is 19.6 Å². The standard InChI is InChI=1S/C18H28N4O3/c1-5-14-15-16(23)22(11-10-21(15)12-19-14)13-6-8-20(9-7-13)17(24)25-18(2,3)4/h12-13H,5-11H2,1-4H3. The smallest absolute Gasteiger partial charge is 0.410 e. The normalized spacial score (nSPS) is 19.1. The van der Waals surface area contributed by atoms with Crippen molar-refractivity contribution < 1.29 is 14.3 Å². The molecule has 0 radical (unpaired) electrons. The van der Waals surface area contributed by atoms with E-state index in [1.165, 1.54) is 0 Å². The third-order valence-electron chi connectivity index (χ3n) is 4.85. The molecule has 1 aromatic rings. The second-order valence-corrected chi connectivity index (χ2v) is 7.78. The summed E-state index contributed by atoms with van der Waals surface area (Å²) < 4.78 is 7.41. The van der Waals surface area contributed by atoms with E-state index in [9.17, 15) is 9.59 Å². The Labute approximate surface area is 148 Å². The van der Waals surface area contributed by atoms with Gasteiger partial charge < -0.3 is 19.1 Å². The van der Waals surface area contributed by atoms with Crippen LogP contribution < -0.4 is 0 Å². The number of carbonyl (C=O) groups is 2. The molecule has 0 unspecified atom stereocenters. The number of fused-ring (bicyclic) bond motifs is 1. The molecule has 0 atom stereocenters. The van der Waals surface area contributed by atoms with Crippen molar-refractivity contribution >= 4 is 12.0 Å². The van der Waals surface area contributed by atoms with Gasteiger partial charge in [0.1, 0.15) is 11.3 Å². The average molecular weight is 348 g/mol. The van der Waals surface area contributed by atoms with E-state index in [4.69, 9.17) is 4.74 Å². The lowest BCUT2D eigenvalue weighted by atomic mass is 10.0. The zero-order chi connectivity index (χ0) is 18.2. The summed E-state index contributed by atoms with van der Waals surface area (Å²) in [5.74, 6) is 0.0799. The Bertz CT molecular complexity index is 640. The maximum Gasteiger partial charge on any atom is 0.410 e. The molecule has 0 aliphatic carbocycles. The van der Waals surface area contributed by atoms with Gasteiger partial charge in [-0.3, -0.25) is 4.79 Å². The monoisotopic (exact) mass is 348 g/mol. The number of ether oxygens (including phenoxy) is 1. The van der Waals surface area contributed by atoms with Gasteiger partial charge >= 0.3 is 6.09 Å². The van der Waals surface area contributed by atoms with Gasteiger partial charge in [-0.1, -0.05) is 6.92 Å². The number of nitrogens with zero attached hydrogens (tertiary/aromatic N) is 4. The van der Waals surface area contributed by atoms with E-state index in [1.54, 1.807) is 11.2 Å². The molecule has 1 fully saturated rings. The number of carbonyl (C=O) groups excluding carboxylic acids is 2. The first-order valence-electron chi connectivity index (χ1n) is 9.13. The van der Waals surface area contributed by atoms with Gasteiger partial charge in [0.25, 0.3) is 5.91 Å². The van der Waals surface area contributed by atoms with Crippen LogP contribution in [0.3, 0.4) is 0 Å². The van der Waals surface area contributed by atoms with E-state index in [0.29, 0.717) is 19.6 Å². The van der Waals surface area contributed by atoms with Crippen LogP contribution in [0, 0.1) is 0 Å². The van der Waals surface area contributed by atoms with E-state index < -0.39 is 5.60 Å². The number of aryl methyl sites for hydroxylation is 1. The van der Waals surface area contributed by atoms with Crippen molar-refractivity contribution in [3.63, 3.8) is 0 Å². The fourth-order valence-electron chi connectivity index (χ4n) is 3.59. The molecule has 0 spiro atoms. The molecule has 1 aromatic heterocycles. The van der Waals surface area contributed by atoms with Gasteiger partial charge in [-0.05, 0) is 40.0 Å². The van der Waals surface area contributed by atoms with Gasteiger partial charge in [0, 0.05) is 32.2 Å². The third-order valence-corrected chi connectivity index (χ3v) is 4.85. The average Bonchev–Trinajstić information content (AvgIpc) is 2.98. The summed E-state index contributed by atoms with van der Waals surface area (Å²) in [7, 11) is 0. The first-order chi connectivity index (χ1) is 11.8. The highest BCUT2D eigenvalue weighted by atomic mass is 16.6. The van der Waals surface area contributed by atoms with Crippen LogP contribution in [0.4, 0.5) is 4.79 Å². The van der Waals surface area contributed by atoms with Gasteiger partial charge in [0.2, 0.25) is 0 Å². The molecule has 1 saturated heterocycles. The first-order valence-corrected chi connectivity index (χ1v) is 9.13. The maximum absolute atomic E-state index is 12.9. The van der Waals surface area contributed by atoms with E-state index in [-0.39, 0.29) is 18.0 Å². The Kier molecular flexibility index (Phi) is 4.75. The van der Waals surface area contributed by atoms with E-state index in [0.717, 1.165) is 37.2 Å². The molecule has 0 bridgehead atoms. The molecule has 0 saturated carbocycles. The minimum absolute atomic E-state index is 0.0799. The summed E-state index contributed by atoms with van der Waals surface area (Å²) in [6, 6.07) is 0.180. The highest BCUT2D eigenvalue weighted by molar-refractivity contribution is 5.94. The summed E-state index contributed by atoms with van der Waals surface area (Å²) in [6.45, 7) is 10.4. The van der Waals surface area contributed by atoms with Crippen LogP contribution in [0.15, 0.2) is 6.33 Å². The molecule has 138 valence electrons. The number of amides is 2. The molecule has 25 heavy (non-hydrogen) atoms. The summed E-state index contributed by atoms with van der Waals surface area (Å²) in [4.78, 5) is 33.2. The van der Waals surface area contributed by atoms with Gasteiger partial charge in [0.05, 0.1) is 12.0 Å². The van der Waals surface area contributed by atoms with E-state index in [2.05, 4.69) is 4.98 Å². The number of hydrogen-bond donors (Lipinski definition) is 0. The topological polar surface area (TPSA) is 67.7 Å². The lowest BCUT2D eigenvalue weighted by molar-refractivity contribution is 0.0137. The van der Waals surface area contributed by atoms with Crippen LogP contribution in [0.1, 0.15) is 56.7 Å². The first kappa shape index (κ1) is 17.8. The number of rotatable bonds is 2. The van der Waals surface area contributed by atoms with Crippen molar-refractivity contribution in [2.24, 2.45) is 0 Å². The van der Waals surface area contributed by atoms with Crippen molar-refractivity contribution in [2.45, 2.75) is 65.1 Å². The highest BCUT2D eigenvalue weighted by Gasteiger charge is 2.35. The van der Waals surface area contributed by atoms with Crippen LogP contribution in [0.2, 0.25) is 0 Å². The fourth-order valence-corrected chi connectivity index (χ4v) is 3.59. The molecular formula is C18H28N4O3. The molecular weight excluding hydrogens is 320 g/mol. The number of likely N-dealkylation sites (tertiary alicyclic amines) is 1. The minimum atomic E-state index is -0.480. The largest absolute Gasteiger partial charge is 0.444 e. The predicted octanol–water partition coefficient (Wildman–Crippen LogP) is 2.30. The second-order valence-electron chi connectivity index (χ2n) is 7.78.